The maximum Gasteiger partial charge on any atom is 0.241 e. The Bertz CT molecular complexity index is 817. The largest absolute Gasteiger partial charge is 0.312 e. The molecule has 2 heterocycles. The number of alkyl halides is 1. The Morgan fingerprint density at radius 1 is 0.680 bits per heavy atom. The lowest BCUT2D eigenvalue weighted by molar-refractivity contribution is 1.00. The SMILES string of the molecule is Cc1nc(C)c(CCl)c(C)c1C.[C-]#[N+]Cc1c(C)nc(C)c(C)c1C. The van der Waals surface area contributed by atoms with Crippen LogP contribution in [0.5, 0.6) is 0 Å². The van der Waals surface area contributed by atoms with Crippen LogP contribution in [0.1, 0.15) is 56.2 Å². The molecule has 0 aromatic carbocycles. The van der Waals surface area contributed by atoms with Gasteiger partial charge in [-0.15, -0.1) is 11.6 Å². The second-order valence-electron chi connectivity index (χ2n) is 6.47. The molecule has 0 bridgehead atoms. The van der Waals surface area contributed by atoms with Crippen molar-refractivity contribution in [3.63, 3.8) is 0 Å². The fraction of sp³-hybridized carbons (Fsp3) is 0.476. The van der Waals surface area contributed by atoms with E-state index >= 15 is 0 Å². The maximum absolute atomic E-state index is 6.85. The van der Waals surface area contributed by atoms with E-state index in [-0.39, 0.29) is 0 Å². The van der Waals surface area contributed by atoms with Gasteiger partial charge in [-0.1, -0.05) is 0 Å². The average Bonchev–Trinajstić information content (AvgIpc) is 2.56. The van der Waals surface area contributed by atoms with Crippen LogP contribution in [0.15, 0.2) is 0 Å². The number of nitrogens with zero attached hydrogens (tertiary/aromatic N) is 3. The summed E-state index contributed by atoms with van der Waals surface area (Å²) in [5, 5.41) is 0. The van der Waals surface area contributed by atoms with E-state index in [1.165, 1.54) is 27.8 Å². The van der Waals surface area contributed by atoms with Crippen LogP contribution < -0.4 is 0 Å². The van der Waals surface area contributed by atoms with E-state index in [1.54, 1.807) is 0 Å². The van der Waals surface area contributed by atoms with Gasteiger partial charge in [-0.05, 0) is 83.2 Å². The first-order chi connectivity index (χ1) is 11.6. The van der Waals surface area contributed by atoms with Crippen molar-refractivity contribution < 1.29 is 0 Å². The minimum atomic E-state index is 0.450. The van der Waals surface area contributed by atoms with E-state index in [0.29, 0.717) is 12.4 Å². The van der Waals surface area contributed by atoms with Gasteiger partial charge in [-0.2, -0.15) is 0 Å². The van der Waals surface area contributed by atoms with Crippen molar-refractivity contribution in [3.05, 3.63) is 67.6 Å². The first-order valence-electron chi connectivity index (χ1n) is 8.41. The molecule has 0 fully saturated rings. The summed E-state index contributed by atoms with van der Waals surface area (Å²) in [6.45, 7) is 23.7. The maximum atomic E-state index is 6.85. The van der Waals surface area contributed by atoms with Gasteiger partial charge in [0.05, 0.1) is 5.56 Å². The van der Waals surface area contributed by atoms with Gasteiger partial charge in [0, 0.05) is 28.7 Å². The summed E-state index contributed by atoms with van der Waals surface area (Å²) in [6, 6.07) is 0. The molecule has 0 radical (unpaired) electrons. The highest BCUT2D eigenvalue weighted by Crippen LogP contribution is 2.20. The van der Waals surface area contributed by atoms with Gasteiger partial charge >= 0.3 is 0 Å². The number of rotatable bonds is 2. The summed E-state index contributed by atoms with van der Waals surface area (Å²) in [4.78, 5) is 12.2. The van der Waals surface area contributed by atoms with Crippen LogP contribution in [0.4, 0.5) is 0 Å². The zero-order chi connectivity index (χ0) is 19.3. The standard InChI is InChI=1S/C11H14N2.C10H14ClN/c1-7-8(2)11(6-12-5)10(4)13-9(7)3;1-6-7(2)10(5-11)9(4)12-8(6)3/h6H2,1-4H3;5H2,1-4H3. The molecule has 0 saturated carbocycles. The fourth-order valence-corrected chi connectivity index (χ4v) is 3.25. The molecule has 2 rings (SSSR count). The second kappa shape index (κ2) is 8.97. The zero-order valence-electron chi connectivity index (χ0n) is 16.6. The molecule has 2 aromatic rings. The molecule has 0 N–H and O–H groups in total. The van der Waals surface area contributed by atoms with Crippen LogP contribution in [0.2, 0.25) is 0 Å². The highest BCUT2D eigenvalue weighted by molar-refractivity contribution is 6.17. The van der Waals surface area contributed by atoms with Crippen LogP contribution in [-0.2, 0) is 12.4 Å². The molecular formula is C21H28ClN3. The molecule has 25 heavy (non-hydrogen) atoms. The highest BCUT2D eigenvalue weighted by atomic mass is 35.5. The highest BCUT2D eigenvalue weighted by Gasteiger charge is 2.10. The van der Waals surface area contributed by atoms with Crippen molar-refractivity contribution >= 4 is 11.6 Å². The van der Waals surface area contributed by atoms with Gasteiger partial charge < -0.3 is 4.85 Å². The fourth-order valence-electron chi connectivity index (χ4n) is 2.85. The molecule has 2 aromatic heterocycles. The topological polar surface area (TPSA) is 30.1 Å². The second-order valence-corrected chi connectivity index (χ2v) is 6.74. The Balaban J connectivity index is 0.000000251. The monoisotopic (exact) mass is 357 g/mol. The molecule has 0 aliphatic carbocycles. The Morgan fingerprint density at radius 3 is 1.48 bits per heavy atom. The third kappa shape index (κ3) is 4.80. The molecular weight excluding hydrogens is 330 g/mol. The van der Waals surface area contributed by atoms with Gasteiger partial charge in [0.2, 0.25) is 6.54 Å². The summed E-state index contributed by atoms with van der Waals surface area (Å²) in [5.41, 5.74) is 11.5. The Labute approximate surface area is 157 Å². The molecule has 134 valence electrons. The zero-order valence-corrected chi connectivity index (χ0v) is 17.4. The molecule has 0 aliphatic rings. The molecule has 0 aliphatic heterocycles. The minimum Gasteiger partial charge on any atom is -0.312 e. The molecule has 4 heteroatoms. The smallest absolute Gasteiger partial charge is 0.241 e. The van der Waals surface area contributed by atoms with Gasteiger partial charge in [-0.3, -0.25) is 9.97 Å². The van der Waals surface area contributed by atoms with Crippen molar-refractivity contribution in [1.82, 2.24) is 9.97 Å². The van der Waals surface area contributed by atoms with Crippen molar-refractivity contribution in [1.29, 1.82) is 0 Å². The quantitative estimate of drug-likeness (QED) is 0.503. The third-order valence-electron chi connectivity index (χ3n) is 5.03. The Kier molecular flexibility index (Phi) is 7.58. The van der Waals surface area contributed by atoms with E-state index in [4.69, 9.17) is 18.2 Å². The van der Waals surface area contributed by atoms with Crippen molar-refractivity contribution in [2.75, 3.05) is 0 Å². The summed E-state index contributed by atoms with van der Waals surface area (Å²) in [6.07, 6.45) is 0. The van der Waals surface area contributed by atoms with E-state index < -0.39 is 0 Å². The van der Waals surface area contributed by atoms with Gasteiger partial charge in [0.25, 0.3) is 0 Å². The van der Waals surface area contributed by atoms with Crippen LogP contribution in [0.25, 0.3) is 4.85 Å². The third-order valence-corrected chi connectivity index (χ3v) is 5.30. The molecule has 0 amide bonds. The summed E-state index contributed by atoms with van der Waals surface area (Å²) >= 11 is 5.82. The lowest BCUT2D eigenvalue weighted by Crippen LogP contribution is -2.01. The Hall–Kier alpha value is -1.92. The predicted octanol–water partition coefficient (Wildman–Crippen LogP) is 5.79. The van der Waals surface area contributed by atoms with Crippen molar-refractivity contribution in [2.45, 2.75) is 67.8 Å². The van der Waals surface area contributed by atoms with Crippen LogP contribution in [0, 0.1) is 62.0 Å². The molecule has 0 atom stereocenters. The van der Waals surface area contributed by atoms with E-state index in [2.05, 4.69) is 42.5 Å². The number of hydrogen-bond acceptors (Lipinski definition) is 2. The summed E-state index contributed by atoms with van der Waals surface area (Å²) < 4.78 is 0. The predicted molar refractivity (Wildman–Crippen MR) is 106 cm³/mol. The molecule has 0 saturated heterocycles. The summed E-state index contributed by atoms with van der Waals surface area (Å²) in [5.74, 6) is 0.561. The van der Waals surface area contributed by atoms with Gasteiger partial charge in [-0.25, -0.2) is 6.57 Å². The molecule has 3 nitrogen and oxygen atoms in total. The number of aryl methyl sites for hydroxylation is 4. The van der Waals surface area contributed by atoms with Crippen molar-refractivity contribution in [2.24, 2.45) is 0 Å². The first-order valence-corrected chi connectivity index (χ1v) is 8.94. The average molecular weight is 358 g/mol. The van der Waals surface area contributed by atoms with Gasteiger partial charge in [0.1, 0.15) is 0 Å². The van der Waals surface area contributed by atoms with Crippen LogP contribution in [0.3, 0.4) is 0 Å². The molecule has 0 unspecified atom stereocenters. The van der Waals surface area contributed by atoms with Crippen molar-refractivity contribution in [3.8, 4) is 0 Å². The van der Waals surface area contributed by atoms with Crippen LogP contribution >= 0.6 is 11.6 Å². The number of aromatic nitrogens is 2. The summed E-state index contributed by atoms with van der Waals surface area (Å²) in [7, 11) is 0. The molecule has 0 spiro atoms. The lowest BCUT2D eigenvalue weighted by Gasteiger charge is -2.11. The minimum absolute atomic E-state index is 0.450. The van der Waals surface area contributed by atoms with E-state index in [9.17, 15) is 0 Å². The van der Waals surface area contributed by atoms with E-state index in [0.717, 1.165) is 28.3 Å². The Morgan fingerprint density at radius 2 is 1.08 bits per heavy atom. The number of halogens is 1. The van der Waals surface area contributed by atoms with Gasteiger partial charge in [0.15, 0.2) is 0 Å². The number of pyridine rings is 2. The number of hydrogen-bond donors (Lipinski definition) is 0. The normalized spacial score (nSPS) is 10.1. The van der Waals surface area contributed by atoms with E-state index in [1.807, 2.05) is 27.7 Å². The first kappa shape index (κ1) is 21.1. The lowest BCUT2D eigenvalue weighted by atomic mass is 10.0. The van der Waals surface area contributed by atoms with Crippen LogP contribution in [-0.4, -0.2) is 9.97 Å².